The molecule has 1 aliphatic rings. The fourth-order valence-corrected chi connectivity index (χ4v) is 3.84. The number of Topliss-reactive ketones (excluding diaryl/α,β-unsaturated/α-hetero) is 1. The van der Waals surface area contributed by atoms with Crippen molar-refractivity contribution in [1.29, 1.82) is 0 Å². The van der Waals surface area contributed by atoms with E-state index < -0.39 is 17.7 Å². The van der Waals surface area contributed by atoms with Crippen molar-refractivity contribution in [1.82, 2.24) is 0 Å². The number of para-hydroxylation sites is 2. The van der Waals surface area contributed by atoms with E-state index in [-0.39, 0.29) is 28.5 Å². The Hall–Kier alpha value is -4.00. The summed E-state index contributed by atoms with van der Waals surface area (Å²) >= 11 is 0. The number of nitrogens with zero attached hydrogens (tertiary/aromatic N) is 1. The van der Waals surface area contributed by atoms with Crippen molar-refractivity contribution in [3.05, 3.63) is 83.3 Å². The van der Waals surface area contributed by atoms with Crippen LogP contribution in [0.25, 0.3) is 5.76 Å². The Morgan fingerprint density at radius 3 is 2.52 bits per heavy atom. The molecule has 1 aliphatic heterocycles. The fourth-order valence-electron chi connectivity index (χ4n) is 3.84. The molecule has 2 aromatic carbocycles. The van der Waals surface area contributed by atoms with E-state index in [1.54, 1.807) is 42.5 Å². The van der Waals surface area contributed by atoms with Gasteiger partial charge < -0.3 is 19.4 Å². The summed E-state index contributed by atoms with van der Waals surface area (Å²) in [4.78, 5) is 27.3. The van der Waals surface area contributed by atoms with Gasteiger partial charge in [-0.15, -0.1) is 0 Å². The molecule has 1 saturated heterocycles. The van der Waals surface area contributed by atoms with Gasteiger partial charge in [-0.3, -0.25) is 14.5 Å². The number of carbonyl (C=O) groups excluding carboxylic acids is 2. The number of aliphatic hydroxyl groups is 1. The lowest BCUT2D eigenvalue weighted by atomic mass is 9.98. The minimum atomic E-state index is -1.04. The molecule has 3 aromatic rings. The van der Waals surface area contributed by atoms with Crippen LogP contribution in [-0.2, 0) is 9.59 Å². The fraction of sp³-hybridized carbons (Fsp3) is 0.231. The van der Waals surface area contributed by atoms with Crippen LogP contribution >= 0.6 is 0 Å². The number of rotatable bonds is 6. The van der Waals surface area contributed by atoms with Crippen LogP contribution in [0.5, 0.6) is 11.5 Å². The zero-order valence-electron chi connectivity index (χ0n) is 18.6. The molecule has 0 saturated carbocycles. The van der Waals surface area contributed by atoms with E-state index in [1.807, 2.05) is 20.8 Å². The summed E-state index contributed by atoms with van der Waals surface area (Å²) in [6, 6.07) is 13.5. The van der Waals surface area contributed by atoms with Crippen molar-refractivity contribution in [2.75, 3.05) is 11.5 Å². The van der Waals surface area contributed by atoms with Gasteiger partial charge >= 0.3 is 0 Å². The van der Waals surface area contributed by atoms with Crippen molar-refractivity contribution in [3.63, 3.8) is 0 Å². The van der Waals surface area contributed by atoms with E-state index in [4.69, 9.17) is 9.15 Å². The lowest BCUT2D eigenvalue weighted by Gasteiger charge is -2.24. The van der Waals surface area contributed by atoms with Gasteiger partial charge in [0.1, 0.15) is 29.1 Å². The number of aromatic hydroxyl groups is 1. The van der Waals surface area contributed by atoms with Crippen LogP contribution < -0.4 is 9.64 Å². The molecule has 4 rings (SSSR count). The zero-order chi connectivity index (χ0) is 23.7. The summed E-state index contributed by atoms with van der Waals surface area (Å²) in [5.41, 5.74) is 1.18. The maximum absolute atomic E-state index is 13.1. The topological polar surface area (TPSA) is 100 Å². The van der Waals surface area contributed by atoms with Gasteiger partial charge in [-0.1, -0.05) is 26.0 Å². The average Bonchev–Trinajstić information content (AvgIpc) is 3.40. The van der Waals surface area contributed by atoms with Gasteiger partial charge in [0.2, 0.25) is 0 Å². The van der Waals surface area contributed by atoms with Crippen molar-refractivity contribution in [2.45, 2.75) is 26.8 Å². The van der Waals surface area contributed by atoms with E-state index in [9.17, 15) is 19.8 Å². The number of phenolic OH excluding ortho intramolecular Hbond substituents is 1. The van der Waals surface area contributed by atoms with Gasteiger partial charge in [-0.05, 0) is 60.9 Å². The summed E-state index contributed by atoms with van der Waals surface area (Å²) in [5, 5.41) is 21.5. The number of carbonyl (C=O) groups is 2. The average molecular weight is 447 g/mol. The maximum Gasteiger partial charge on any atom is 0.300 e. The summed E-state index contributed by atoms with van der Waals surface area (Å²) < 4.78 is 11.3. The molecule has 1 amide bonds. The Bertz CT molecular complexity index is 1230. The molecule has 0 radical (unpaired) electrons. The summed E-state index contributed by atoms with van der Waals surface area (Å²) in [5.74, 6) is -0.908. The minimum Gasteiger partial charge on any atom is -0.507 e. The highest BCUT2D eigenvalue weighted by atomic mass is 16.5. The molecule has 33 heavy (non-hydrogen) atoms. The van der Waals surface area contributed by atoms with E-state index in [2.05, 4.69) is 0 Å². The second-order valence-electron chi connectivity index (χ2n) is 8.36. The van der Waals surface area contributed by atoms with Crippen molar-refractivity contribution in [2.24, 2.45) is 5.92 Å². The molecule has 2 heterocycles. The lowest BCUT2D eigenvalue weighted by molar-refractivity contribution is -0.132. The van der Waals surface area contributed by atoms with Crippen LogP contribution in [-0.4, -0.2) is 28.5 Å². The largest absolute Gasteiger partial charge is 0.507 e. The van der Waals surface area contributed by atoms with Crippen LogP contribution in [0.1, 0.15) is 36.8 Å². The van der Waals surface area contributed by atoms with Crippen LogP contribution in [0, 0.1) is 12.8 Å². The molecule has 1 unspecified atom stereocenters. The van der Waals surface area contributed by atoms with Crippen molar-refractivity contribution < 1.29 is 29.0 Å². The Balaban J connectivity index is 1.83. The Kier molecular flexibility index (Phi) is 5.96. The standard InChI is InChI=1S/C26H25NO6/c1-15(2)14-33-20-11-10-17(13-16(20)3)24(29)22-23(21-9-6-12-32-21)27(26(31)25(22)30)18-7-4-5-8-19(18)28/h4-13,15,23,28-29H,14H2,1-3H3/b24-22-. The predicted octanol–water partition coefficient (Wildman–Crippen LogP) is 4.95. The molecule has 7 heteroatoms. The Morgan fingerprint density at radius 1 is 1.12 bits per heavy atom. The first-order valence-corrected chi connectivity index (χ1v) is 10.7. The van der Waals surface area contributed by atoms with Crippen LogP contribution in [0.15, 0.2) is 70.9 Å². The molecule has 170 valence electrons. The number of benzene rings is 2. The van der Waals surface area contributed by atoms with Crippen LogP contribution in [0.2, 0.25) is 0 Å². The lowest BCUT2D eigenvalue weighted by Crippen LogP contribution is -2.29. The number of aryl methyl sites for hydroxylation is 1. The van der Waals surface area contributed by atoms with Crippen LogP contribution in [0.3, 0.4) is 0 Å². The van der Waals surface area contributed by atoms with E-state index >= 15 is 0 Å². The van der Waals surface area contributed by atoms with Crippen molar-refractivity contribution >= 4 is 23.1 Å². The second-order valence-corrected chi connectivity index (χ2v) is 8.36. The van der Waals surface area contributed by atoms with Gasteiger partial charge in [-0.2, -0.15) is 0 Å². The Morgan fingerprint density at radius 2 is 1.88 bits per heavy atom. The number of ether oxygens (including phenoxy) is 1. The van der Waals surface area contributed by atoms with Crippen molar-refractivity contribution in [3.8, 4) is 11.5 Å². The number of amides is 1. The van der Waals surface area contributed by atoms with E-state index in [1.165, 1.54) is 18.4 Å². The van der Waals surface area contributed by atoms with Gasteiger partial charge in [-0.25, -0.2) is 0 Å². The highest BCUT2D eigenvalue weighted by Gasteiger charge is 2.49. The summed E-state index contributed by atoms with van der Waals surface area (Å²) in [7, 11) is 0. The highest BCUT2D eigenvalue weighted by Crippen LogP contribution is 2.44. The minimum absolute atomic E-state index is 0.117. The van der Waals surface area contributed by atoms with Gasteiger partial charge in [0.25, 0.3) is 11.7 Å². The first kappa shape index (κ1) is 22.2. The molecule has 1 atom stereocenters. The normalized spacial score (nSPS) is 17.7. The number of hydrogen-bond donors (Lipinski definition) is 2. The third-order valence-corrected chi connectivity index (χ3v) is 5.42. The molecular formula is C26H25NO6. The Labute approximate surface area is 191 Å². The first-order chi connectivity index (χ1) is 15.8. The molecule has 2 N–H and O–H groups in total. The molecule has 0 spiro atoms. The van der Waals surface area contributed by atoms with Crippen LogP contribution in [0.4, 0.5) is 5.69 Å². The van der Waals surface area contributed by atoms with Gasteiger partial charge in [0.05, 0.1) is 24.1 Å². The molecule has 1 fully saturated rings. The van der Waals surface area contributed by atoms with E-state index in [0.29, 0.717) is 23.8 Å². The monoisotopic (exact) mass is 447 g/mol. The highest BCUT2D eigenvalue weighted by molar-refractivity contribution is 6.51. The van der Waals surface area contributed by atoms with E-state index in [0.717, 1.165) is 10.5 Å². The third kappa shape index (κ3) is 4.09. The molecule has 1 aromatic heterocycles. The molecule has 0 bridgehead atoms. The molecule has 7 nitrogen and oxygen atoms in total. The predicted molar refractivity (Wildman–Crippen MR) is 123 cm³/mol. The molecular weight excluding hydrogens is 422 g/mol. The number of phenols is 1. The third-order valence-electron chi connectivity index (χ3n) is 5.42. The number of hydrogen-bond acceptors (Lipinski definition) is 6. The quantitative estimate of drug-likeness (QED) is 0.315. The SMILES string of the molecule is Cc1cc(/C(O)=C2/C(=O)C(=O)N(c3ccccc3O)C2c2ccco2)ccc1OCC(C)C. The first-order valence-electron chi connectivity index (χ1n) is 10.7. The summed E-state index contributed by atoms with van der Waals surface area (Å²) in [6.45, 7) is 6.49. The number of aliphatic hydroxyl groups excluding tert-OH is 1. The maximum atomic E-state index is 13.1. The number of furan rings is 1. The number of anilines is 1. The molecule has 0 aliphatic carbocycles. The smallest absolute Gasteiger partial charge is 0.300 e. The number of ketones is 1. The van der Waals surface area contributed by atoms with Gasteiger partial charge in [0.15, 0.2) is 0 Å². The van der Waals surface area contributed by atoms with Gasteiger partial charge in [0, 0.05) is 5.56 Å². The zero-order valence-corrected chi connectivity index (χ0v) is 18.6. The summed E-state index contributed by atoms with van der Waals surface area (Å²) in [6.07, 6.45) is 1.42. The second kappa shape index (κ2) is 8.86.